The molecule has 0 saturated carbocycles. The number of rotatable bonds is 4. The lowest BCUT2D eigenvalue weighted by atomic mass is 10.1. The van der Waals surface area contributed by atoms with Gasteiger partial charge in [0.25, 0.3) is 0 Å². The molecule has 0 bridgehead atoms. The lowest BCUT2D eigenvalue weighted by Crippen LogP contribution is -2.18. The first kappa shape index (κ1) is 14.3. The molecule has 0 aliphatic carbocycles. The molecule has 0 aliphatic rings. The van der Waals surface area contributed by atoms with Gasteiger partial charge >= 0.3 is 5.97 Å². The molecular weight excluding hydrogens is 274 g/mol. The molecule has 0 aromatic heterocycles. The Morgan fingerprint density at radius 1 is 1.10 bits per heavy atom. The van der Waals surface area contributed by atoms with Crippen molar-refractivity contribution in [1.29, 1.82) is 0 Å². The van der Waals surface area contributed by atoms with Crippen LogP contribution in [0.4, 0.5) is 5.69 Å². The Morgan fingerprint density at radius 3 is 2.40 bits per heavy atom. The molecule has 102 valence electrons. The molecule has 0 heterocycles. The Morgan fingerprint density at radius 2 is 1.75 bits per heavy atom. The van der Waals surface area contributed by atoms with Crippen molar-refractivity contribution in [3.8, 4) is 0 Å². The SMILES string of the molecule is CCOC(=O)C(=Nc1ccccc1Cl)c1ccccc1. The third-order valence-corrected chi connectivity index (χ3v) is 2.92. The zero-order chi connectivity index (χ0) is 14.4. The van der Waals surface area contributed by atoms with Gasteiger partial charge in [-0.15, -0.1) is 0 Å². The van der Waals surface area contributed by atoms with Gasteiger partial charge in [-0.2, -0.15) is 0 Å². The third-order valence-electron chi connectivity index (χ3n) is 2.60. The van der Waals surface area contributed by atoms with Crippen molar-refractivity contribution in [2.75, 3.05) is 6.61 Å². The van der Waals surface area contributed by atoms with Crippen LogP contribution in [0, 0.1) is 0 Å². The second-order valence-corrected chi connectivity index (χ2v) is 4.41. The number of benzene rings is 2. The largest absolute Gasteiger partial charge is 0.461 e. The van der Waals surface area contributed by atoms with Gasteiger partial charge in [0.1, 0.15) is 0 Å². The lowest BCUT2D eigenvalue weighted by molar-refractivity contribution is -0.134. The van der Waals surface area contributed by atoms with Crippen LogP contribution in [-0.2, 0) is 9.53 Å². The summed E-state index contributed by atoms with van der Waals surface area (Å²) in [6.45, 7) is 2.06. The minimum atomic E-state index is -0.460. The molecule has 0 spiro atoms. The molecule has 0 unspecified atom stereocenters. The monoisotopic (exact) mass is 287 g/mol. The van der Waals surface area contributed by atoms with E-state index in [4.69, 9.17) is 16.3 Å². The summed E-state index contributed by atoms with van der Waals surface area (Å²) in [6.07, 6.45) is 0. The maximum atomic E-state index is 12.1. The number of esters is 1. The Bertz CT molecular complexity index is 623. The molecule has 4 heteroatoms. The fourth-order valence-corrected chi connectivity index (χ4v) is 1.86. The molecule has 0 radical (unpaired) electrons. The Balaban J connectivity index is 2.47. The van der Waals surface area contributed by atoms with Crippen molar-refractivity contribution >= 4 is 29.0 Å². The first-order chi connectivity index (χ1) is 9.72. The van der Waals surface area contributed by atoms with E-state index >= 15 is 0 Å². The highest BCUT2D eigenvalue weighted by atomic mass is 35.5. The van der Waals surface area contributed by atoms with Gasteiger partial charge in [-0.3, -0.25) is 0 Å². The maximum absolute atomic E-state index is 12.1. The predicted molar refractivity (Wildman–Crippen MR) is 80.7 cm³/mol. The fraction of sp³-hybridized carbons (Fsp3) is 0.125. The quantitative estimate of drug-likeness (QED) is 0.629. The molecule has 0 atom stereocenters. The highest BCUT2D eigenvalue weighted by Crippen LogP contribution is 2.25. The lowest BCUT2D eigenvalue weighted by Gasteiger charge is -2.07. The number of nitrogens with zero attached hydrogens (tertiary/aromatic N) is 1. The number of para-hydroxylation sites is 1. The van der Waals surface area contributed by atoms with E-state index in [1.54, 1.807) is 19.1 Å². The van der Waals surface area contributed by atoms with Crippen LogP contribution in [0.3, 0.4) is 0 Å². The van der Waals surface area contributed by atoms with Crippen molar-refractivity contribution in [3.05, 3.63) is 65.2 Å². The van der Waals surface area contributed by atoms with E-state index in [-0.39, 0.29) is 5.71 Å². The Kier molecular flexibility index (Phi) is 4.91. The summed E-state index contributed by atoms with van der Waals surface area (Å²) in [5.74, 6) is -0.460. The van der Waals surface area contributed by atoms with Gasteiger partial charge in [0.15, 0.2) is 5.71 Å². The molecule has 3 nitrogen and oxygen atoms in total. The number of hydrogen-bond donors (Lipinski definition) is 0. The molecular formula is C16H14ClNO2. The van der Waals surface area contributed by atoms with Gasteiger partial charge in [-0.05, 0) is 19.1 Å². The summed E-state index contributed by atoms with van der Waals surface area (Å²) in [5.41, 5.74) is 1.49. The number of ether oxygens (including phenoxy) is 1. The number of carbonyl (C=O) groups is 1. The standard InChI is InChI=1S/C16H14ClNO2/c1-2-20-16(19)15(12-8-4-3-5-9-12)18-14-11-7-6-10-13(14)17/h3-11H,2H2,1H3. The zero-order valence-corrected chi connectivity index (χ0v) is 11.8. The van der Waals surface area contributed by atoms with Gasteiger partial charge in [-0.1, -0.05) is 54.1 Å². The zero-order valence-electron chi connectivity index (χ0n) is 11.0. The minimum Gasteiger partial charge on any atom is -0.461 e. The van der Waals surface area contributed by atoms with Crippen molar-refractivity contribution in [2.45, 2.75) is 6.92 Å². The second-order valence-electron chi connectivity index (χ2n) is 4.00. The van der Waals surface area contributed by atoms with Crippen LogP contribution in [0.2, 0.25) is 5.02 Å². The normalized spacial score (nSPS) is 11.2. The van der Waals surface area contributed by atoms with Gasteiger partial charge in [0.2, 0.25) is 0 Å². The van der Waals surface area contributed by atoms with Crippen LogP contribution in [0.25, 0.3) is 0 Å². The van der Waals surface area contributed by atoms with E-state index in [1.807, 2.05) is 42.5 Å². The Hall–Kier alpha value is -2.13. The third kappa shape index (κ3) is 3.45. The summed E-state index contributed by atoms with van der Waals surface area (Å²) >= 11 is 6.08. The predicted octanol–water partition coefficient (Wildman–Crippen LogP) is 4.02. The van der Waals surface area contributed by atoms with Crippen LogP contribution < -0.4 is 0 Å². The smallest absolute Gasteiger partial charge is 0.357 e. The average molecular weight is 288 g/mol. The number of aliphatic imine (C=N–C) groups is 1. The summed E-state index contributed by atoms with van der Waals surface area (Å²) < 4.78 is 5.06. The van der Waals surface area contributed by atoms with Crippen LogP contribution in [0.1, 0.15) is 12.5 Å². The summed E-state index contributed by atoms with van der Waals surface area (Å²) in [5, 5.41) is 0.491. The molecule has 2 aromatic rings. The van der Waals surface area contributed by atoms with Crippen LogP contribution in [0.5, 0.6) is 0 Å². The van der Waals surface area contributed by atoms with Crippen LogP contribution >= 0.6 is 11.6 Å². The van der Waals surface area contributed by atoms with Gasteiger partial charge in [0, 0.05) is 5.56 Å². The average Bonchev–Trinajstić information content (AvgIpc) is 2.47. The number of halogens is 1. The van der Waals surface area contributed by atoms with Crippen LogP contribution in [-0.4, -0.2) is 18.3 Å². The van der Waals surface area contributed by atoms with Crippen molar-refractivity contribution in [2.24, 2.45) is 4.99 Å². The van der Waals surface area contributed by atoms with Gasteiger partial charge < -0.3 is 4.74 Å². The summed E-state index contributed by atoms with van der Waals surface area (Å²) in [7, 11) is 0. The number of carbonyl (C=O) groups excluding carboxylic acids is 1. The van der Waals surface area contributed by atoms with E-state index in [1.165, 1.54) is 0 Å². The minimum absolute atomic E-state index is 0.251. The molecule has 2 rings (SSSR count). The molecule has 0 fully saturated rings. The van der Waals surface area contributed by atoms with Gasteiger partial charge in [0.05, 0.1) is 17.3 Å². The summed E-state index contributed by atoms with van der Waals surface area (Å²) in [6, 6.07) is 16.3. The number of hydrogen-bond acceptors (Lipinski definition) is 3. The first-order valence-corrected chi connectivity index (χ1v) is 6.66. The molecule has 0 amide bonds. The van der Waals surface area contributed by atoms with Crippen LogP contribution in [0.15, 0.2) is 59.6 Å². The van der Waals surface area contributed by atoms with Crippen molar-refractivity contribution in [3.63, 3.8) is 0 Å². The maximum Gasteiger partial charge on any atom is 0.357 e. The van der Waals surface area contributed by atoms with Crippen molar-refractivity contribution in [1.82, 2.24) is 0 Å². The second kappa shape index (κ2) is 6.87. The fourth-order valence-electron chi connectivity index (χ4n) is 1.69. The molecule has 2 aromatic carbocycles. The van der Waals surface area contributed by atoms with E-state index in [0.717, 1.165) is 0 Å². The summed E-state index contributed by atoms with van der Waals surface area (Å²) in [4.78, 5) is 16.4. The van der Waals surface area contributed by atoms with E-state index in [9.17, 15) is 4.79 Å². The first-order valence-electron chi connectivity index (χ1n) is 6.28. The van der Waals surface area contributed by atoms with E-state index in [0.29, 0.717) is 22.9 Å². The highest BCUT2D eigenvalue weighted by molar-refractivity contribution is 6.44. The van der Waals surface area contributed by atoms with E-state index in [2.05, 4.69) is 4.99 Å². The van der Waals surface area contributed by atoms with E-state index < -0.39 is 5.97 Å². The highest BCUT2D eigenvalue weighted by Gasteiger charge is 2.15. The van der Waals surface area contributed by atoms with Gasteiger partial charge in [-0.25, -0.2) is 9.79 Å². The topological polar surface area (TPSA) is 38.7 Å². The molecule has 0 N–H and O–H groups in total. The van der Waals surface area contributed by atoms with Crippen molar-refractivity contribution < 1.29 is 9.53 Å². The molecule has 20 heavy (non-hydrogen) atoms. The molecule has 0 saturated heterocycles. The molecule has 0 aliphatic heterocycles. The Labute approximate surface area is 122 Å².